The van der Waals surface area contributed by atoms with E-state index in [4.69, 9.17) is 13.7 Å². The van der Waals surface area contributed by atoms with Crippen molar-refractivity contribution in [2.75, 3.05) is 13.2 Å². The van der Waals surface area contributed by atoms with Crippen LogP contribution in [0.15, 0.2) is 39.6 Å². The number of furan rings is 1. The Balaban J connectivity index is 1.75. The fourth-order valence-corrected chi connectivity index (χ4v) is 2.42. The number of amides is 1. The molecular formula is C18H21N3O4. The van der Waals surface area contributed by atoms with Gasteiger partial charge in [-0.15, -0.1) is 0 Å². The minimum Gasteiger partial charge on any atom is -0.467 e. The van der Waals surface area contributed by atoms with Gasteiger partial charge >= 0.3 is 0 Å². The van der Waals surface area contributed by atoms with E-state index in [0.29, 0.717) is 41.9 Å². The van der Waals surface area contributed by atoms with Gasteiger partial charge in [0.1, 0.15) is 11.8 Å². The molecule has 0 bridgehead atoms. The van der Waals surface area contributed by atoms with Crippen LogP contribution in [-0.2, 0) is 4.74 Å². The molecule has 3 rings (SSSR count). The Morgan fingerprint density at radius 2 is 2.20 bits per heavy atom. The van der Waals surface area contributed by atoms with Crippen molar-refractivity contribution >= 4 is 17.0 Å². The lowest BCUT2D eigenvalue weighted by molar-refractivity contribution is 0.0730. The summed E-state index contributed by atoms with van der Waals surface area (Å²) in [5.41, 5.74) is 1.54. The molecule has 0 spiro atoms. The zero-order valence-electron chi connectivity index (χ0n) is 14.5. The SMILES string of the molecule is Cc1noc2ncc(C(=O)NC(COCC(C)C)c3ccco3)cc12. The lowest BCUT2D eigenvalue weighted by Crippen LogP contribution is -2.31. The van der Waals surface area contributed by atoms with Gasteiger partial charge in [-0.25, -0.2) is 4.98 Å². The Labute approximate surface area is 145 Å². The van der Waals surface area contributed by atoms with Crippen molar-refractivity contribution in [3.05, 3.63) is 47.7 Å². The molecule has 3 heterocycles. The van der Waals surface area contributed by atoms with Crippen molar-refractivity contribution in [2.24, 2.45) is 5.92 Å². The molecule has 0 aliphatic heterocycles. The molecule has 0 aliphatic rings. The average Bonchev–Trinajstić information content (AvgIpc) is 3.24. The number of hydrogen-bond acceptors (Lipinski definition) is 6. The van der Waals surface area contributed by atoms with E-state index in [1.807, 2.05) is 6.07 Å². The molecule has 132 valence electrons. The molecule has 0 saturated heterocycles. The molecule has 1 atom stereocenters. The number of ether oxygens (including phenoxy) is 1. The molecule has 3 aromatic rings. The van der Waals surface area contributed by atoms with Crippen LogP contribution in [0, 0.1) is 12.8 Å². The Kier molecular flexibility index (Phi) is 5.14. The van der Waals surface area contributed by atoms with Crippen LogP contribution in [0.2, 0.25) is 0 Å². The van der Waals surface area contributed by atoms with Gasteiger partial charge in [0.2, 0.25) is 0 Å². The van der Waals surface area contributed by atoms with Gasteiger partial charge in [-0.1, -0.05) is 19.0 Å². The topological polar surface area (TPSA) is 90.4 Å². The first-order valence-electron chi connectivity index (χ1n) is 8.18. The van der Waals surface area contributed by atoms with E-state index in [-0.39, 0.29) is 11.9 Å². The highest BCUT2D eigenvalue weighted by Gasteiger charge is 2.20. The fraction of sp³-hybridized carbons (Fsp3) is 0.389. The number of carbonyl (C=O) groups is 1. The third-order valence-electron chi connectivity index (χ3n) is 3.70. The molecule has 3 aromatic heterocycles. The standard InChI is InChI=1S/C18H21N3O4/c1-11(2)9-23-10-15(16-5-4-6-24-16)20-17(22)13-7-14-12(3)21-25-18(14)19-8-13/h4-8,11,15H,9-10H2,1-3H3,(H,20,22). The van der Waals surface area contributed by atoms with Crippen molar-refractivity contribution < 1.29 is 18.5 Å². The van der Waals surface area contributed by atoms with Gasteiger partial charge in [0.25, 0.3) is 11.6 Å². The number of hydrogen-bond donors (Lipinski definition) is 1. The van der Waals surface area contributed by atoms with Crippen LogP contribution in [-0.4, -0.2) is 29.3 Å². The minimum atomic E-state index is -0.375. The van der Waals surface area contributed by atoms with E-state index in [9.17, 15) is 4.79 Å². The first-order valence-corrected chi connectivity index (χ1v) is 8.18. The summed E-state index contributed by atoms with van der Waals surface area (Å²) in [6.45, 7) is 6.89. The highest BCUT2D eigenvalue weighted by Crippen LogP contribution is 2.19. The highest BCUT2D eigenvalue weighted by molar-refractivity contribution is 5.97. The van der Waals surface area contributed by atoms with E-state index < -0.39 is 0 Å². The Morgan fingerprint density at radius 1 is 1.36 bits per heavy atom. The summed E-state index contributed by atoms with van der Waals surface area (Å²) in [6.07, 6.45) is 3.04. The van der Waals surface area contributed by atoms with Crippen molar-refractivity contribution in [2.45, 2.75) is 26.8 Å². The lowest BCUT2D eigenvalue weighted by atomic mass is 10.1. The maximum atomic E-state index is 12.6. The summed E-state index contributed by atoms with van der Waals surface area (Å²) in [6, 6.07) is 4.94. The van der Waals surface area contributed by atoms with E-state index in [1.54, 1.807) is 25.3 Å². The summed E-state index contributed by atoms with van der Waals surface area (Å²) in [5, 5.41) is 7.51. The quantitative estimate of drug-likeness (QED) is 0.708. The monoisotopic (exact) mass is 343 g/mol. The molecule has 1 amide bonds. The number of aryl methyl sites for hydroxylation is 1. The molecule has 0 radical (unpaired) electrons. The van der Waals surface area contributed by atoms with Gasteiger partial charge in [-0.3, -0.25) is 4.79 Å². The van der Waals surface area contributed by atoms with Crippen LogP contribution in [0.1, 0.15) is 41.7 Å². The maximum Gasteiger partial charge on any atom is 0.257 e. The van der Waals surface area contributed by atoms with Crippen LogP contribution in [0.4, 0.5) is 0 Å². The van der Waals surface area contributed by atoms with Gasteiger partial charge < -0.3 is 19.0 Å². The minimum absolute atomic E-state index is 0.260. The normalized spacial score (nSPS) is 12.6. The van der Waals surface area contributed by atoms with Crippen LogP contribution < -0.4 is 5.32 Å². The van der Waals surface area contributed by atoms with Crippen molar-refractivity contribution in [1.82, 2.24) is 15.5 Å². The van der Waals surface area contributed by atoms with Gasteiger partial charge in [0, 0.05) is 12.8 Å². The molecule has 0 fully saturated rings. The van der Waals surface area contributed by atoms with Crippen LogP contribution in [0.25, 0.3) is 11.1 Å². The number of carbonyl (C=O) groups excluding carboxylic acids is 1. The predicted molar refractivity (Wildman–Crippen MR) is 91.1 cm³/mol. The molecular weight excluding hydrogens is 322 g/mol. The number of nitrogens with zero attached hydrogens (tertiary/aromatic N) is 2. The van der Waals surface area contributed by atoms with E-state index in [2.05, 4.69) is 29.3 Å². The molecule has 0 aromatic carbocycles. The van der Waals surface area contributed by atoms with Gasteiger partial charge in [-0.2, -0.15) is 0 Å². The van der Waals surface area contributed by atoms with Gasteiger partial charge in [-0.05, 0) is 31.0 Å². The number of nitrogens with one attached hydrogen (secondary N) is 1. The van der Waals surface area contributed by atoms with E-state index >= 15 is 0 Å². The number of aromatic nitrogens is 2. The van der Waals surface area contributed by atoms with Gasteiger partial charge in [0.15, 0.2) is 0 Å². The second kappa shape index (κ2) is 7.48. The molecule has 1 N–H and O–H groups in total. The second-order valence-electron chi connectivity index (χ2n) is 6.32. The molecule has 25 heavy (non-hydrogen) atoms. The second-order valence-corrected chi connectivity index (χ2v) is 6.32. The number of pyridine rings is 1. The Bertz CT molecular complexity index is 839. The first-order chi connectivity index (χ1) is 12.0. The summed E-state index contributed by atoms with van der Waals surface area (Å²) < 4.78 is 16.2. The Morgan fingerprint density at radius 3 is 2.92 bits per heavy atom. The van der Waals surface area contributed by atoms with Crippen LogP contribution >= 0.6 is 0 Å². The average molecular weight is 343 g/mol. The van der Waals surface area contributed by atoms with Crippen molar-refractivity contribution in [3.63, 3.8) is 0 Å². The fourth-order valence-electron chi connectivity index (χ4n) is 2.42. The lowest BCUT2D eigenvalue weighted by Gasteiger charge is -2.17. The maximum absolute atomic E-state index is 12.6. The van der Waals surface area contributed by atoms with Crippen LogP contribution in [0.5, 0.6) is 0 Å². The van der Waals surface area contributed by atoms with Crippen molar-refractivity contribution in [1.29, 1.82) is 0 Å². The predicted octanol–water partition coefficient (Wildman–Crippen LogP) is 3.27. The summed E-state index contributed by atoms with van der Waals surface area (Å²) >= 11 is 0. The zero-order chi connectivity index (χ0) is 17.8. The molecule has 7 nitrogen and oxygen atoms in total. The van der Waals surface area contributed by atoms with E-state index in [1.165, 1.54) is 6.20 Å². The van der Waals surface area contributed by atoms with E-state index in [0.717, 1.165) is 5.39 Å². The van der Waals surface area contributed by atoms with Gasteiger partial charge in [0.05, 0.1) is 29.5 Å². The third kappa shape index (κ3) is 4.06. The summed E-state index contributed by atoms with van der Waals surface area (Å²) in [4.78, 5) is 16.8. The molecule has 0 saturated carbocycles. The summed E-state index contributed by atoms with van der Waals surface area (Å²) in [5.74, 6) is 0.799. The molecule has 1 unspecified atom stereocenters. The molecule has 7 heteroatoms. The smallest absolute Gasteiger partial charge is 0.257 e. The molecule has 0 aliphatic carbocycles. The third-order valence-corrected chi connectivity index (χ3v) is 3.70. The van der Waals surface area contributed by atoms with Crippen LogP contribution in [0.3, 0.4) is 0 Å². The number of fused-ring (bicyclic) bond motifs is 1. The Hall–Kier alpha value is -2.67. The largest absolute Gasteiger partial charge is 0.467 e. The number of rotatable bonds is 7. The highest BCUT2D eigenvalue weighted by atomic mass is 16.5. The van der Waals surface area contributed by atoms with Crippen molar-refractivity contribution in [3.8, 4) is 0 Å². The zero-order valence-corrected chi connectivity index (χ0v) is 14.5. The first kappa shape index (κ1) is 17.2. The summed E-state index contributed by atoms with van der Waals surface area (Å²) in [7, 11) is 0.